The minimum Gasteiger partial charge on any atom is -0.465 e. The lowest BCUT2D eigenvalue weighted by atomic mass is 10.2. The van der Waals surface area contributed by atoms with E-state index in [0.717, 1.165) is 6.54 Å². The second kappa shape index (κ2) is 6.47. The van der Waals surface area contributed by atoms with Crippen molar-refractivity contribution in [1.82, 2.24) is 15.5 Å². The van der Waals surface area contributed by atoms with Crippen molar-refractivity contribution in [3.8, 4) is 0 Å². The summed E-state index contributed by atoms with van der Waals surface area (Å²) in [5.74, 6) is -0.166. The fraction of sp³-hybridized carbons (Fsp3) is 0.750. The first kappa shape index (κ1) is 14.0. The van der Waals surface area contributed by atoms with Crippen LogP contribution in [0.15, 0.2) is 0 Å². The van der Waals surface area contributed by atoms with Crippen LogP contribution in [0.25, 0.3) is 0 Å². The molecule has 0 aromatic rings. The smallest absolute Gasteiger partial charge is 0.405 e. The van der Waals surface area contributed by atoms with E-state index in [1.807, 2.05) is 6.92 Å². The van der Waals surface area contributed by atoms with Gasteiger partial charge in [-0.15, -0.1) is 12.4 Å². The van der Waals surface area contributed by atoms with Crippen LogP contribution < -0.4 is 10.6 Å². The van der Waals surface area contributed by atoms with Gasteiger partial charge in [0.1, 0.15) is 6.54 Å². The van der Waals surface area contributed by atoms with E-state index >= 15 is 0 Å². The summed E-state index contributed by atoms with van der Waals surface area (Å²) in [7, 11) is 0. The molecular weight excluding hydrogens is 222 g/mol. The van der Waals surface area contributed by atoms with Gasteiger partial charge in [-0.25, -0.2) is 4.79 Å². The van der Waals surface area contributed by atoms with E-state index in [1.54, 1.807) is 4.90 Å². The summed E-state index contributed by atoms with van der Waals surface area (Å²) in [6.45, 7) is 3.90. The summed E-state index contributed by atoms with van der Waals surface area (Å²) >= 11 is 0. The molecule has 3 N–H and O–H groups in total. The Morgan fingerprint density at radius 1 is 1.60 bits per heavy atom. The zero-order valence-corrected chi connectivity index (χ0v) is 9.34. The quantitative estimate of drug-likeness (QED) is 0.605. The predicted octanol–water partition coefficient (Wildman–Crippen LogP) is -0.504. The van der Waals surface area contributed by atoms with E-state index in [1.165, 1.54) is 0 Å². The number of amides is 2. The average Bonchev–Trinajstić information content (AvgIpc) is 2.14. The van der Waals surface area contributed by atoms with Gasteiger partial charge in [0.25, 0.3) is 0 Å². The average molecular weight is 238 g/mol. The lowest BCUT2D eigenvalue weighted by Gasteiger charge is -2.31. The molecule has 1 aliphatic rings. The van der Waals surface area contributed by atoms with Crippen LogP contribution in [0, 0.1) is 0 Å². The van der Waals surface area contributed by atoms with Crippen molar-refractivity contribution in [2.24, 2.45) is 0 Å². The molecular formula is C8H16ClN3O3. The first-order valence-corrected chi connectivity index (χ1v) is 4.57. The van der Waals surface area contributed by atoms with Crippen molar-refractivity contribution < 1.29 is 14.7 Å². The van der Waals surface area contributed by atoms with Gasteiger partial charge in [-0.3, -0.25) is 4.79 Å². The van der Waals surface area contributed by atoms with Crippen molar-refractivity contribution in [1.29, 1.82) is 0 Å². The Morgan fingerprint density at radius 2 is 2.27 bits per heavy atom. The second-order valence-electron chi connectivity index (χ2n) is 3.35. The molecule has 0 aromatic carbocycles. The molecule has 7 heteroatoms. The highest BCUT2D eigenvalue weighted by molar-refractivity contribution is 5.85. The number of carbonyl (C=O) groups is 2. The lowest BCUT2D eigenvalue weighted by Crippen LogP contribution is -2.53. The number of rotatable bonds is 2. The van der Waals surface area contributed by atoms with Gasteiger partial charge >= 0.3 is 6.09 Å². The molecule has 0 spiro atoms. The highest BCUT2D eigenvalue weighted by Crippen LogP contribution is 1.98. The third-order valence-corrected chi connectivity index (χ3v) is 2.11. The highest BCUT2D eigenvalue weighted by Gasteiger charge is 2.20. The Labute approximate surface area is 94.4 Å². The second-order valence-corrected chi connectivity index (χ2v) is 3.35. The van der Waals surface area contributed by atoms with Crippen LogP contribution in [0.2, 0.25) is 0 Å². The Hall–Kier alpha value is -1.01. The standard InChI is InChI=1S/C8H15N3O3.ClH/c1-6-5-11(3-2-9-6)7(12)4-10-8(13)14;/h6,9-10H,2-5H2,1H3,(H,13,14);1H/t6-;/m1./s1. The Kier molecular flexibility index (Phi) is 6.03. The number of halogens is 1. The van der Waals surface area contributed by atoms with Gasteiger partial charge in [-0.2, -0.15) is 0 Å². The summed E-state index contributed by atoms with van der Waals surface area (Å²) in [5, 5.41) is 13.6. The first-order chi connectivity index (χ1) is 6.59. The normalized spacial score (nSPS) is 20.3. The molecule has 1 aliphatic heterocycles. The monoisotopic (exact) mass is 237 g/mol. The van der Waals surface area contributed by atoms with E-state index in [0.29, 0.717) is 13.1 Å². The van der Waals surface area contributed by atoms with Crippen LogP contribution in [0.5, 0.6) is 0 Å². The summed E-state index contributed by atoms with van der Waals surface area (Å²) in [4.78, 5) is 23.2. The molecule has 1 rings (SSSR count). The molecule has 1 saturated heterocycles. The van der Waals surface area contributed by atoms with Gasteiger partial charge in [0.2, 0.25) is 5.91 Å². The maximum absolute atomic E-state index is 11.4. The third-order valence-electron chi connectivity index (χ3n) is 2.11. The Morgan fingerprint density at radius 3 is 2.80 bits per heavy atom. The summed E-state index contributed by atoms with van der Waals surface area (Å²) in [6, 6.07) is 0.275. The third kappa shape index (κ3) is 4.85. The molecule has 0 bridgehead atoms. The zero-order valence-electron chi connectivity index (χ0n) is 8.52. The molecule has 2 amide bonds. The molecule has 0 saturated carbocycles. The molecule has 0 unspecified atom stereocenters. The summed E-state index contributed by atoms with van der Waals surface area (Å²) < 4.78 is 0. The van der Waals surface area contributed by atoms with Crippen LogP contribution in [-0.2, 0) is 4.79 Å². The van der Waals surface area contributed by atoms with Gasteiger partial charge in [-0.05, 0) is 6.92 Å². The summed E-state index contributed by atoms with van der Waals surface area (Å²) in [6.07, 6.45) is -1.17. The maximum Gasteiger partial charge on any atom is 0.405 e. The zero-order chi connectivity index (χ0) is 10.6. The number of carbonyl (C=O) groups excluding carboxylic acids is 1. The minimum atomic E-state index is -1.17. The van der Waals surface area contributed by atoms with E-state index < -0.39 is 6.09 Å². The number of piperazine rings is 1. The fourth-order valence-electron chi connectivity index (χ4n) is 1.42. The van der Waals surface area contributed by atoms with Gasteiger partial charge in [0.05, 0.1) is 0 Å². The molecule has 0 radical (unpaired) electrons. The number of hydrogen-bond donors (Lipinski definition) is 3. The SMILES string of the molecule is C[C@@H]1CN(C(=O)CNC(=O)O)CCN1.Cl. The molecule has 15 heavy (non-hydrogen) atoms. The van der Waals surface area contributed by atoms with Crippen molar-refractivity contribution >= 4 is 24.4 Å². The maximum atomic E-state index is 11.4. The molecule has 6 nitrogen and oxygen atoms in total. The van der Waals surface area contributed by atoms with Crippen molar-refractivity contribution in [3.63, 3.8) is 0 Å². The van der Waals surface area contributed by atoms with Crippen LogP contribution in [0.3, 0.4) is 0 Å². The molecule has 88 valence electrons. The number of hydrogen-bond acceptors (Lipinski definition) is 3. The van der Waals surface area contributed by atoms with Crippen LogP contribution in [0.1, 0.15) is 6.92 Å². The van der Waals surface area contributed by atoms with E-state index in [2.05, 4.69) is 10.6 Å². The lowest BCUT2D eigenvalue weighted by molar-refractivity contribution is -0.131. The molecule has 0 aromatic heterocycles. The fourth-order valence-corrected chi connectivity index (χ4v) is 1.42. The van der Waals surface area contributed by atoms with Gasteiger partial charge < -0.3 is 20.6 Å². The first-order valence-electron chi connectivity index (χ1n) is 4.57. The summed E-state index contributed by atoms with van der Waals surface area (Å²) in [5.41, 5.74) is 0. The molecule has 0 aliphatic carbocycles. The topological polar surface area (TPSA) is 81.7 Å². The molecule has 1 fully saturated rings. The van der Waals surface area contributed by atoms with Crippen LogP contribution in [-0.4, -0.2) is 54.2 Å². The van der Waals surface area contributed by atoms with Crippen LogP contribution in [0.4, 0.5) is 4.79 Å². The largest absolute Gasteiger partial charge is 0.465 e. The molecule has 1 atom stereocenters. The van der Waals surface area contributed by atoms with Crippen molar-refractivity contribution in [2.75, 3.05) is 26.2 Å². The highest BCUT2D eigenvalue weighted by atomic mass is 35.5. The number of carboxylic acid groups (broad SMARTS) is 1. The van der Waals surface area contributed by atoms with Gasteiger partial charge in [0.15, 0.2) is 0 Å². The van der Waals surface area contributed by atoms with Gasteiger partial charge in [0, 0.05) is 25.7 Å². The van der Waals surface area contributed by atoms with Crippen molar-refractivity contribution in [3.05, 3.63) is 0 Å². The van der Waals surface area contributed by atoms with E-state index in [9.17, 15) is 9.59 Å². The Balaban J connectivity index is 0.00000196. The van der Waals surface area contributed by atoms with E-state index in [4.69, 9.17) is 5.11 Å². The van der Waals surface area contributed by atoms with E-state index in [-0.39, 0.29) is 30.9 Å². The molecule has 1 heterocycles. The number of nitrogens with zero attached hydrogens (tertiary/aromatic N) is 1. The van der Waals surface area contributed by atoms with Crippen molar-refractivity contribution in [2.45, 2.75) is 13.0 Å². The Bertz CT molecular complexity index is 237. The number of nitrogens with one attached hydrogen (secondary N) is 2. The van der Waals surface area contributed by atoms with Crippen LogP contribution >= 0.6 is 12.4 Å². The minimum absolute atomic E-state index is 0. The predicted molar refractivity (Wildman–Crippen MR) is 57.3 cm³/mol. The van der Waals surface area contributed by atoms with Gasteiger partial charge in [-0.1, -0.05) is 0 Å².